The van der Waals surface area contributed by atoms with E-state index in [2.05, 4.69) is 9.88 Å². The first-order valence-electron chi connectivity index (χ1n) is 11.4. The first kappa shape index (κ1) is 30.6. The number of carbonyl (C=O) groups excluding carboxylic acids is 1. The number of nitrogens with zero attached hydrogens (tertiary/aromatic N) is 2. The van der Waals surface area contributed by atoms with Gasteiger partial charge in [0.15, 0.2) is 0 Å². The molecular weight excluding hydrogens is 497 g/mol. The van der Waals surface area contributed by atoms with Gasteiger partial charge in [-0.25, -0.2) is 0 Å². The minimum atomic E-state index is -4.57. The Balaban J connectivity index is 0.00000456. The van der Waals surface area contributed by atoms with E-state index < -0.39 is 35.6 Å². The third-order valence-electron chi connectivity index (χ3n) is 6.39. The van der Waals surface area contributed by atoms with Gasteiger partial charge in [0.2, 0.25) is 0 Å². The van der Waals surface area contributed by atoms with Crippen LogP contribution in [0.4, 0.5) is 26.3 Å². The van der Waals surface area contributed by atoms with Crippen molar-refractivity contribution in [1.82, 2.24) is 9.88 Å². The Labute approximate surface area is 228 Å². The second kappa shape index (κ2) is 12.3. The van der Waals surface area contributed by atoms with Gasteiger partial charge in [-0.3, -0.25) is 9.88 Å². The number of piperidine rings is 1. The first-order chi connectivity index (χ1) is 16.3. The molecule has 0 N–H and O–H groups in total. The van der Waals surface area contributed by atoms with E-state index >= 15 is 0 Å². The van der Waals surface area contributed by atoms with Gasteiger partial charge in [-0.15, -0.1) is 0 Å². The van der Waals surface area contributed by atoms with Crippen molar-refractivity contribution in [2.24, 2.45) is 11.8 Å². The zero-order chi connectivity index (χ0) is 26.0. The van der Waals surface area contributed by atoms with Gasteiger partial charge in [0.25, 0.3) is 0 Å². The van der Waals surface area contributed by atoms with Crippen LogP contribution in [0.3, 0.4) is 0 Å². The number of alkyl halides is 6. The second-order valence-corrected chi connectivity index (χ2v) is 9.46. The van der Waals surface area contributed by atoms with Crippen molar-refractivity contribution in [3.05, 3.63) is 65.0 Å². The summed E-state index contributed by atoms with van der Waals surface area (Å²) in [4.78, 5) is 16.9. The average molecular weight is 524 g/mol. The van der Waals surface area contributed by atoms with E-state index in [0.29, 0.717) is 36.9 Å². The Kier molecular flexibility index (Phi) is 10.4. The number of hydrogen-bond acceptors (Lipinski definition) is 4. The van der Waals surface area contributed by atoms with Crippen molar-refractivity contribution in [3.63, 3.8) is 0 Å². The third kappa shape index (κ3) is 7.94. The van der Waals surface area contributed by atoms with Gasteiger partial charge in [-0.2, -0.15) is 26.3 Å². The topological polar surface area (TPSA) is 56.3 Å². The van der Waals surface area contributed by atoms with Crippen molar-refractivity contribution in [2.75, 3.05) is 6.54 Å². The normalized spacial score (nSPS) is 20.1. The van der Waals surface area contributed by atoms with E-state index in [1.54, 1.807) is 0 Å². The fourth-order valence-corrected chi connectivity index (χ4v) is 4.75. The molecule has 11 heteroatoms. The first-order valence-corrected chi connectivity index (χ1v) is 11.4. The Bertz CT molecular complexity index is 994. The zero-order valence-corrected chi connectivity index (χ0v) is 22.4. The van der Waals surface area contributed by atoms with Crippen LogP contribution in [0.15, 0.2) is 42.6 Å². The van der Waals surface area contributed by atoms with Crippen molar-refractivity contribution >= 4 is 5.97 Å². The van der Waals surface area contributed by atoms with E-state index in [1.165, 1.54) is 24.4 Å². The van der Waals surface area contributed by atoms with Gasteiger partial charge >= 0.3 is 41.9 Å². The van der Waals surface area contributed by atoms with Crippen LogP contribution in [0.5, 0.6) is 0 Å². The molecular formula is C25H27F6N2NaO2. The molecule has 4 nitrogen and oxygen atoms in total. The Hall–Kier alpha value is -1.62. The molecule has 2 heterocycles. The molecule has 192 valence electrons. The molecule has 1 fully saturated rings. The van der Waals surface area contributed by atoms with E-state index in [0.717, 1.165) is 18.2 Å². The van der Waals surface area contributed by atoms with Crippen molar-refractivity contribution in [1.29, 1.82) is 0 Å². The number of rotatable bonds is 7. The Morgan fingerprint density at radius 2 is 1.69 bits per heavy atom. The summed E-state index contributed by atoms with van der Waals surface area (Å²) in [6.45, 7) is 4.38. The van der Waals surface area contributed by atoms with E-state index in [-0.39, 0.29) is 53.9 Å². The van der Waals surface area contributed by atoms with Gasteiger partial charge in [-0.05, 0) is 73.4 Å². The quantitative estimate of drug-likeness (QED) is 0.413. The summed E-state index contributed by atoms with van der Waals surface area (Å²) in [7, 11) is 0. The minimum Gasteiger partial charge on any atom is -0.550 e. The summed E-state index contributed by atoms with van der Waals surface area (Å²) >= 11 is 0. The number of carboxylic acid groups (broad SMARTS) is 1. The molecule has 0 saturated carbocycles. The number of aliphatic carboxylic acids is 1. The van der Waals surface area contributed by atoms with Crippen LogP contribution in [0.1, 0.15) is 74.0 Å². The van der Waals surface area contributed by atoms with Crippen LogP contribution in [0.2, 0.25) is 0 Å². The summed E-state index contributed by atoms with van der Waals surface area (Å²) in [5.74, 6) is -1.26. The number of likely N-dealkylation sites (tertiary alicyclic amines) is 1. The fraction of sp³-hybridized carbons (Fsp3) is 0.520. The van der Waals surface area contributed by atoms with Crippen molar-refractivity contribution in [3.8, 4) is 0 Å². The summed E-state index contributed by atoms with van der Waals surface area (Å²) in [5, 5.41) is 11.2. The second-order valence-electron chi connectivity index (χ2n) is 9.46. The van der Waals surface area contributed by atoms with Gasteiger partial charge in [-0.1, -0.05) is 32.0 Å². The van der Waals surface area contributed by atoms with Crippen molar-refractivity contribution < 1.29 is 65.8 Å². The molecule has 1 aromatic heterocycles. The SMILES string of the molecule is CC(C)C[C@H](c1ccc(C(F)(F)F)nc1)N1CC[C@@H](CC(=O)[O-])C[C@H]1c1ccc(C(F)(F)F)cc1.[Na+]. The number of hydrogen-bond donors (Lipinski definition) is 0. The number of carboxylic acids is 1. The van der Waals surface area contributed by atoms with Crippen LogP contribution in [0.25, 0.3) is 0 Å². The van der Waals surface area contributed by atoms with Gasteiger partial charge in [0, 0.05) is 24.2 Å². The molecule has 0 amide bonds. The van der Waals surface area contributed by atoms with Crippen LogP contribution < -0.4 is 34.7 Å². The van der Waals surface area contributed by atoms with Gasteiger partial charge in [0.1, 0.15) is 5.69 Å². The molecule has 0 unspecified atom stereocenters. The van der Waals surface area contributed by atoms with Crippen LogP contribution >= 0.6 is 0 Å². The molecule has 0 aliphatic carbocycles. The summed E-state index contributed by atoms with van der Waals surface area (Å²) < 4.78 is 78.3. The van der Waals surface area contributed by atoms with E-state index in [1.807, 2.05) is 13.8 Å². The molecule has 1 saturated heterocycles. The summed E-state index contributed by atoms with van der Waals surface area (Å²) in [6, 6.07) is 6.32. The molecule has 36 heavy (non-hydrogen) atoms. The molecule has 1 aromatic carbocycles. The van der Waals surface area contributed by atoms with Crippen LogP contribution in [-0.4, -0.2) is 22.4 Å². The molecule has 3 atom stereocenters. The molecule has 0 bridgehead atoms. The molecule has 1 aliphatic heterocycles. The molecule has 1 aliphatic rings. The third-order valence-corrected chi connectivity index (χ3v) is 6.39. The van der Waals surface area contributed by atoms with E-state index in [4.69, 9.17) is 0 Å². The Morgan fingerprint density at radius 1 is 1.06 bits per heavy atom. The summed E-state index contributed by atoms with van der Waals surface area (Å²) in [6.07, 6.45) is -6.55. The number of carbonyl (C=O) groups is 1. The minimum absolute atomic E-state index is 0. The predicted molar refractivity (Wildman–Crippen MR) is 115 cm³/mol. The summed E-state index contributed by atoms with van der Waals surface area (Å²) in [5.41, 5.74) is -0.631. The average Bonchev–Trinajstić information content (AvgIpc) is 2.76. The zero-order valence-electron chi connectivity index (χ0n) is 20.4. The smallest absolute Gasteiger partial charge is 0.550 e. The van der Waals surface area contributed by atoms with Crippen molar-refractivity contribution in [2.45, 2.75) is 64.0 Å². The molecule has 3 rings (SSSR count). The fourth-order valence-electron chi connectivity index (χ4n) is 4.75. The van der Waals surface area contributed by atoms with E-state index in [9.17, 15) is 36.2 Å². The van der Waals surface area contributed by atoms with Gasteiger partial charge in [0.05, 0.1) is 5.56 Å². The largest absolute Gasteiger partial charge is 1.00 e. The van der Waals surface area contributed by atoms with Gasteiger partial charge < -0.3 is 9.90 Å². The number of halogens is 6. The maximum atomic E-state index is 13.1. The number of benzene rings is 1. The maximum absolute atomic E-state index is 13.1. The monoisotopic (exact) mass is 524 g/mol. The maximum Gasteiger partial charge on any atom is 1.00 e. The molecule has 0 spiro atoms. The molecule has 2 aromatic rings. The number of aromatic nitrogens is 1. The Morgan fingerprint density at radius 3 is 2.17 bits per heavy atom. The van der Waals surface area contributed by atoms with Crippen LogP contribution in [-0.2, 0) is 17.1 Å². The van der Waals surface area contributed by atoms with Crippen LogP contribution in [0, 0.1) is 11.8 Å². The standard InChI is InChI=1S/C25H28F6N2O2.Na/c1-15(2)11-20(18-5-8-22(32-14-18)25(29,30)31)33-10-9-16(13-23(34)35)12-21(33)17-3-6-19(7-4-17)24(26,27)28;/h3-8,14-16,20-21H,9-13H2,1-2H3,(H,34,35);/q;+1/p-1/t16-,20-,21+;/m1./s1. The molecule has 0 radical (unpaired) electrons. The number of pyridine rings is 1. The predicted octanol–water partition coefficient (Wildman–Crippen LogP) is 2.80.